The maximum Gasteiger partial charge on any atom is 0.251 e. The van der Waals surface area contributed by atoms with Gasteiger partial charge < -0.3 is 10.3 Å². The van der Waals surface area contributed by atoms with Gasteiger partial charge in [0.25, 0.3) is 5.91 Å². The molecule has 1 unspecified atom stereocenters. The predicted octanol–water partition coefficient (Wildman–Crippen LogP) is 4.85. The van der Waals surface area contributed by atoms with E-state index in [0.29, 0.717) is 17.5 Å². The van der Waals surface area contributed by atoms with Crippen LogP contribution < -0.4 is 5.73 Å². The fourth-order valence-electron chi connectivity index (χ4n) is 3.03. The van der Waals surface area contributed by atoms with Gasteiger partial charge in [0.05, 0.1) is 5.56 Å². The Morgan fingerprint density at radius 3 is 2.09 bits per heavy atom. The molecule has 0 saturated carbocycles. The van der Waals surface area contributed by atoms with Crippen molar-refractivity contribution in [3.63, 3.8) is 0 Å². The number of halogens is 1. The second-order valence-electron chi connectivity index (χ2n) is 6.15. The molecule has 0 fully saturated rings. The van der Waals surface area contributed by atoms with Crippen LogP contribution in [0.25, 0.3) is 11.1 Å². The number of carbonyl (C=O) groups is 1. The van der Waals surface area contributed by atoms with Gasteiger partial charge in [0, 0.05) is 27.5 Å². The zero-order valence-corrected chi connectivity index (χ0v) is 15.4. The standard InChI is InChI=1S/C18H23BrN2O/c1-10(2)11(3)21-12(4)16(17(13(21)5)18(20)22)14-6-8-15(19)9-7-14/h6-11H,1-5H3,(H2,20,22). The van der Waals surface area contributed by atoms with E-state index in [-0.39, 0.29) is 5.91 Å². The third kappa shape index (κ3) is 2.84. The summed E-state index contributed by atoms with van der Waals surface area (Å²) in [5, 5.41) is 0. The minimum atomic E-state index is -0.367. The third-order valence-electron chi connectivity index (χ3n) is 4.45. The summed E-state index contributed by atoms with van der Waals surface area (Å²) in [4.78, 5) is 12.0. The highest BCUT2D eigenvalue weighted by molar-refractivity contribution is 9.10. The topological polar surface area (TPSA) is 48.0 Å². The summed E-state index contributed by atoms with van der Waals surface area (Å²) >= 11 is 3.45. The minimum absolute atomic E-state index is 0.308. The molecule has 1 aromatic carbocycles. The second-order valence-corrected chi connectivity index (χ2v) is 7.06. The van der Waals surface area contributed by atoms with Gasteiger partial charge in [-0.15, -0.1) is 0 Å². The molecule has 0 saturated heterocycles. The lowest BCUT2D eigenvalue weighted by molar-refractivity contribution is 0.1000. The van der Waals surface area contributed by atoms with E-state index >= 15 is 0 Å². The lowest BCUT2D eigenvalue weighted by Gasteiger charge is -2.22. The SMILES string of the molecule is Cc1c(C(N)=O)c(-c2ccc(Br)cc2)c(C)n1C(C)C(C)C. The Morgan fingerprint density at radius 1 is 1.09 bits per heavy atom. The molecule has 3 nitrogen and oxygen atoms in total. The molecular formula is C18H23BrN2O. The first kappa shape index (κ1) is 16.8. The van der Waals surface area contributed by atoms with Crippen LogP contribution in [0, 0.1) is 19.8 Å². The third-order valence-corrected chi connectivity index (χ3v) is 4.98. The Morgan fingerprint density at radius 2 is 1.64 bits per heavy atom. The summed E-state index contributed by atoms with van der Waals surface area (Å²) in [7, 11) is 0. The fraction of sp³-hybridized carbons (Fsp3) is 0.389. The van der Waals surface area contributed by atoms with E-state index in [9.17, 15) is 4.79 Å². The Bertz CT molecular complexity index is 699. The van der Waals surface area contributed by atoms with Gasteiger partial charge in [0.15, 0.2) is 0 Å². The van der Waals surface area contributed by atoms with E-state index in [1.807, 2.05) is 31.2 Å². The normalized spacial score (nSPS) is 12.7. The van der Waals surface area contributed by atoms with Crippen LogP contribution in [0.15, 0.2) is 28.7 Å². The molecule has 22 heavy (non-hydrogen) atoms. The van der Waals surface area contributed by atoms with E-state index < -0.39 is 0 Å². The average molecular weight is 363 g/mol. The molecule has 1 heterocycles. The molecule has 0 bridgehead atoms. The van der Waals surface area contributed by atoms with E-state index in [1.165, 1.54) is 0 Å². The van der Waals surface area contributed by atoms with Crippen molar-refractivity contribution >= 4 is 21.8 Å². The minimum Gasteiger partial charge on any atom is -0.366 e. The van der Waals surface area contributed by atoms with Crippen molar-refractivity contribution in [3.8, 4) is 11.1 Å². The van der Waals surface area contributed by atoms with Gasteiger partial charge in [-0.3, -0.25) is 4.79 Å². The maximum atomic E-state index is 12.0. The highest BCUT2D eigenvalue weighted by Gasteiger charge is 2.25. The molecule has 4 heteroatoms. The number of primary amides is 1. The number of carbonyl (C=O) groups excluding carboxylic acids is 1. The van der Waals surface area contributed by atoms with Crippen LogP contribution in [0.4, 0.5) is 0 Å². The molecule has 1 atom stereocenters. The van der Waals surface area contributed by atoms with Crippen molar-refractivity contribution in [3.05, 3.63) is 45.7 Å². The van der Waals surface area contributed by atoms with Crippen molar-refractivity contribution in [2.75, 3.05) is 0 Å². The molecule has 1 aromatic heterocycles. The van der Waals surface area contributed by atoms with Crippen molar-refractivity contribution in [1.82, 2.24) is 4.57 Å². The van der Waals surface area contributed by atoms with E-state index in [0.717, 1.165) is 27.0 Å². The molecule has 2 N–H and O–H groups in total. The number of nitrogens with zero attached hydrogens (tertiary/aromatic N) is 1. The number of nitrogens with two attached hydrogens (primary N) is 1. The highest BCUT2D eigenvalue weighted by Crippen LogP contribution is 2.36. The van der Waals surface area contributed by atoms with Crippen LogP contribution in [0.3, 0.4) is 0 Å². The number of hydrogen-bond donors (Lipinski definition) is 1. The van der Waals surface area contributed by atoms with Crippen molar-refractivity contribution in [2.45, 2.75) is 40.7 Å². The Hall–Kier alpha value is -1.55. The monoisotopic (exact) mass is 362 g/mol. The zero-order valence-electron chi connectivity index (χ0n) is 13.8. The lowest BCUT2D eigenvalue weighted by atomic mass is 10.0. The molecule has 0 spiro atoms. The first-order chi connectivity index (χ1) is 10.3. The van der Waals surface area contributed by atoms with Gasteiger partial charge in [-0.25, -0.2) is 0 Å². The van der Waals surface area contributed by atoms with Gasteiger partial charge >= 0.3 is 0 Å². The van der Waals surface area contributed by atoms with Crippen molar-refractivity contribution in [1.29, 1.82) is 0 Å². The zero-order chi connectivity index (χ0) is 16.6. The molecule has 0 aliphatic rings. The summed E-state index contributed by atoms with van der Waals surface area (Å²) in [5.41, 5.74) is 10.3. The van der Waals surface area contributed by atoms with Crippen LogP contribution in [0.5, 0.6) is 0 Å². The Balaban J connectivity index is 2.75. The predicted molar refractivity (Wildman–Crippen MR) is 95.1 cm³/mol. The van der Waals surface area contributed by atoms with Crippen LogP contribution in [-0.2, 0) is 0 Å². The summed E-state index contributed by atoms with van der Waals surface area (Å²) in [6.45, 7) is 10.6. The van der Waals surface area contributed by atoms with E-state index in [2.05, 4.69) is 48.2 Å². The van der Waals surface area contributed by atoms with Gasteiger partial charge in [0.1, 0.15) is 0 Å². The molecule has 0 aliphatic heterocycles. The van der Waals surface area contributed by atoms with Gasteiger partial charge in [0.2, 0.25) is 0 Å². The maximum absolute atomic E-state index is 12.0. The molecule has 0 radical (unpaired) electrons. The molecule has 2 aromatic rings. The van der Waals surface area contributed by atoms with E-state index in [1.54, 1.807) is 0 Å². The quantitative estimate of drug-likeness (QED) is 0.829. The largest absolute Gasteiger partial charge is 0.366 e. The first-order valence-corrected chi connectivity index (χ1v) is 8.32. The first-order valence-electron chi connectivity index (χ1n) is 7.52. The van der Waals surface area contributed by atoms with Crippen LogP contribution in [-0.4, -0.2) is 10.5 Å². The summed E-state index contributed by atoms with van der Waals surface area (Å²) in [5.74, 6) is 0.108. The van der Waals surface area contributed by atoms with E-state index in [4.69, 9.17) is 5.73 Å². The van der Waals surface area contributed by atoms with Gasteiger partial charge in [-0.05, 0) is 44.4 Å². The average Bonchev–Trinajstić information content (AvgIpc) is 2.70. The van der Waals surface area contributed by atoms with Gasteiger partial charge in [-0.2, -0.15) is 0 Å². The lowest BCUT2D eigenvalue weighted by Crippen LogP contribution is -2.16. The number of rotatable bonds is 4. The summed E-state index contributed by atoms with van der Waals surface area (Å²) in [6.07, 6.45) is 0. The number of hydrogen-bond acceptors (Lipinski definition) is 1. The van der Waals surface area contributed by atoms with Crippen LogP contribution in [0.2, 0.25) is 0 Å². The van der Waals surface area contributed by atoms with Crippen molar-refractivity contribution < 1.29 is 4.79 Å². The van der Waals surface area contributed by atoms with Crippen LogP contribution in [0.1, 0.15) is 48.6 Å². The number of aromatic nitrogens is 1. The van der Waals surface area contributed by atoms with Crippen LogP contribution >= 0.6 is 15.9 Å². The highest BCUT2D eigenvalue weighted by atomic mass is 79.9. The summed E-state index contributed by atoms with van der Waals surface area (Å²) < 4.78 is 3.25. The second kappa shape index (κ2) is 6.29. The van der Waals surface area contributed by atoms with Crippen molar-refractivity contribution in [2.24, 2.45) is 11.7 Å². The molecule has 2 rings (SSSR count). The van der Waals surface area contributed by atoms with Gasteiger partial charge in [-0.1, -0.05) is 41.9 Å². The fourth-order valence-corrected chi connectivity index (χ4v) is 3.30. The number of amides is 1. The smallest absolute Gasteiger partial charge is 0.251 e. The molecular weight excluding hydrogens is 340 g/mol. The molecule has 0 aliphatic carbocycles. The Kier molecular flexibility index (Phi) is 4.81. The molecule has 118 valence electrons. The Labute approximate surface area is 140 Å². The summed E-state index contributed by atoms with van der Waals surface area (Å²) in [6, 6.07) is 8.31. The molecule has 1 amide bonds. The number of benzene rings is 1.